The average molecular weight is 249 g/mol. The third-order valence-electron chi connectivity index (χ3n) is 2.07. The molecule has 5 nitrogen and oxygen atoms in total. The molecule has 0 saturated carbocycles. The maximum absolute atomic E-state index is 11.9. The van der Waals surface area contributed by atoms with Gasteiger partial charge in [0.2, 0.25) is 5.28 Å². The first kappa shape index (κ1) is 11.3. The van der Waals surface area contributed by atoms with Crippen molar-refractivity contribution in [2.45, 2.75) is 0 Å². The van der Waals surface area contributed by atoms with E-state index in [4.69, 9.17) is 17.3 Å². The molecular weight excluding hydrogens is 240 g/mol. The van der Waals surface area contributed by atoms with Crippen LogP contribution in [-0.4, -0.2) is 15.9 Å². The van der Waals surface area contributed by atoms with Gasteiger partial charge in [-0.25, -0.2) is 9.97 Å². The summed E-state index contributed by atoms with van der Waals surface area (Å²) >= 11 is 5.61. The summed E-state index contributed by atoms with van der Waals surface area (Å²) in [4.78, 5) is 19.4. The third kappa shape index (κ3) is 2.70. The van der Waals surface area contributed by atoms with Crippen molar-refractivity contribution < 1.29 is 4.79 Å². The molecule has 0 atom stereocenters. The van der Waals surface area contributed by atoms with Crippen LogP contribution in [0, 0.1) is 0 Å². The Bertz CT molecular complexity index is 559. The Hall–Kier alpha value is -2.14. The second-order valence-corrected chi connectivity index (χ2v) is 3.59. The molecule has 3 N–H and O–H groups in total. The number of nitrogens with zero attached hydrogens (tertiary/aromatic N) is 2. The molecule has 2 rings (SSSR count). The van der Waals surface area contributed by atoms with Crippen LogP contribution in [0.3, 0.4) is 0 Å². The van der Waals surface area contributed by atoms with Gasteiger partial charge in [-0.05, 0) is 29.8 Å². The van der Waals surface area contributed by atoms with Crippen LogP contribution in [0.25, 0.3) is 0 Å². The van der Waals surface area contributed by atoms with E-state index in [0.717, 1.165) is 0 Å². The number of nitrogen functional groups attached to an aromatic ring is 1. The van der Waals surface area contributed by atoms with Gasteiger partial charge in [0, 0.05) is 11.9 Å². The first-order valence-corrected chi connectivity index (χ1v) is 5.19. The van der Waals surface area contributed by atoms with Crippen LogP contribution in [0.15, 0.2) is 36.5 Å². The minimum atomic E-state index is -0.335. The van der Waals surface area contributed by atoms with Crippen molar-refractivity contribution in [3.05, 3.63) is 47.4 Å². The average Bonchev–Trinajstić information content (AvgIpc) is 2.29. The lowest BCUT2D eigenvalue weighted by molar-refractivity contribution is 0.102. The molecule has 0 aliphatic rings. The number of amides is 1. The lowest BCUT2D eigenvalue weighted by atomic mass is 10.2. The van der Waals surface area contributed by atoms with Crippen LogP contribution in [0.2, 0.25) is 5.28 Å². The number of nitrogens with two attached hydrogens (primary N) is 1. The minimum absolute atomic E-state index is 0.0730. The smallest absolute Gasteiger partial charge is 0.258 e. The summed E-state index contributed by atoms with van der Waals surface area (Å²) in [6, 6.07) is 8.32. The molecule has 17 heavy (non-hydrogen) atoms. The Labute approximate surface area is 103 Å². The molecule has 0 aliphatic heterocycles. The Morgan fingerprint density at radius 1 is 1.29 bits per heavy atom. The van der Waals surface area contributed by atoms with Gasteiger partial charge in [-0.3, -0.25) is 4.79 Å². The van der Waals surface area contributed by atoms with Crippen LogP contribution < -0.4 is 11.1 Å². The van der Waals surface area contributed by atoms with E-state index in [1.54, 1.807) is 30.3 Å². The van der Waals surface area contributed by atoms with Gasteiger partial charge in [0.05, 0.1) is 5.56 Å². The highest BCUT2D eigenvalue weighted by Crippen LogP contribution is 2.13. The summed E-state index contributed by atoms with van der Waals surface area (Å²) in [5.74, 6) is -0.00359. The molecule has 86 valence electrons. The molecule has 2 aromatic rings. The maximum atomic E-state index is 11.9. The fourth-order valence-corrected chi connectivity index (χ4v) is 1.44. The Morgan fingerprint density at radius 3 is 2.76 bits per heavy atom. The second-order valence-electron chi connectivity index (χ2n) is 3.25. The van der Waals surface area contributed by atoms with Gasteiger partial charge in [0.25, 0.3) is 5.91 Å². The van der Waals surface area contributed by atoms with Crippen molar-refractivity contribution >= 4 is 29.0 Å². The highest BCUT2D eigenvalue weighted by Gasteiger charge is 2.09. The first-order valence-electron chi connectivity index (χ1n) is 4.81. The van der Waals surface area contributed by atoms with Gasteiger partial charge in [-0.15, -0.1) is 0 Å². The largest absolute Gasteiger partial charge is 0.398 e. The molecule has 0 radical (unpaired) electrons. The minimum Gasteiger partial charge on any atom is -0.398 e. The molecule has 0 spiro atoms. The van der Waals surface area contributed by atoms with E-state index in [2.05, 4.69) is 15.3 Å². The standard InChI is InChI=1S/C11H9ClN4O/c12-11-14-6-5-9(16-11)15-10(17)7-3-1-2-4-8(7)13/h1-6H,13H2,(H,14,15,16,17). The number of carbonyl (C=O) groups is 1. The van der Waals surface area contributed by atoms with Crippen LogP contribution in [-0.2, 0) is 0 Å². The van der Waals surface area contributed by atoms with Gasteiger partial charge in [-0.2, -0.15) is 0 Å². The van der Waals surface area contributed by atoms with E-state index in [0.29, 0.717) is 17.1 Å². The molecule has 0 aliphatic carbocycles. The molecule has 0 fully saturated rings. The Kier molecular flexibility index (Phi) is 3.20. The number of benzene rings is 1. The van der Waals surface area contributed by atoms with Crippen molar-refractivity contribution in [2.75, 3.05) is 11.1 Å². The van der Waals surface area contributed by atoms with Crippen LogP contribution in [0.4, 0.5) is 11.5 Å². The molecule has 1 aromatic heterocycles. The molecule has 1 heterocycles. The van der Waals surface area contributed by atoms with E-state index in [1.165, 1.54) is 6.20 Å². The first-order chi connectivity index (χ1) is 8.16. The fraction of sp³-hybridized carbons (Fsp3) is 0. The van der Waals surface area contributed by atoms with E-state index in [-0.39, 0.29) is 11.2 Å². The van der Waals surface area contributed by atoms with E-state index >= 15 is 0 Å². The van der Waals surface area contributed by atoms with E-state index in [9.17, 15) is 4.79 Å². The normalized spacial score (nSPS) is 9.94. The number of para-hydroxylation sites is 1. The Balaban J connectivity index is 2.20. The summed E-state index contributed by atoms with van der Waals surface area (Å²) in [6.07, 6.45) is 1.46. The molecule has 0 bridgehead atoms. The summed E-state index contributed by atoms with van der Waals surface area (Å²) < 4.78 is 0. The molecule has 1 amide bonds. The SMILES string of the molecule is Nc1ccccc1C(=O)Nc1ccnc(Cl)n1. The van der Waals surface area contributed by atoms with Crippen LogP contribution in [0.1, 0.15) is 10.4 Å². The van der Waals surface area contributed by atoms with Crippen molar-refractivity contribution in [3.63, 3.8) is 0 Å². The van der Waals surface area contributed by atoms with E-state index < -0.39 is 0 Å². The van der Waals surface area contributed by atoms with Crippen molar-refractivity contribution in [1.82, 2.24) is 9.97 Å². The zero-order valence-electron chi connectivity index (χ0n) is 8.72. The quantitative estimate of drug-likeness (QED) is 0.629. The van der Waals surface area contributed by atoms with Gasteiger partial charge >= 0.3 is 0 Å². The topological polar surface area (TPSA) is 80.9 Å². The highest BCUT2D eigenvalue weighted by molar-refractivity contribution is 6.28. The number of carbonyl (C=O) groups excluding carboxylic acids is 1. The van der Waals surface area contributed by atoms with Gasteiger partial charge in [0.15, 0.2) is 0 Å². The lowest BCUT2D eigenvalue weighted by Crippen LogP contribution is -2.14. The highest BCUT2D eigenvalue weighted by atomic mass is 35.5. The predicted molar refractivity (Wildman–Crippen MR) is 65.8 cm³/mol. The summed E-state index contributed by atoms with van der Waals surface area (Å²) in [5.41, 5.74) is 6.48. The van der Waals surface area contributed by atoms with Gasteiger partial charge < -0.3 is 11.1 Å². The Morgan fingerprint density at radius 2 is 2.06 bits per heavy atom. The molecule has 0 saturated heterocycles. The third-order valence-corrected chi connectivity index (χ3v) is 2.26. The number of hydrogen-bond donors (Lipinski definition) is 2. The molecule has 6 heteroatoms. The monoisotopic (exact) mass is 248 g/mol. The predicted octanol–water partition coefficient (Wildman–Crippen LogP) is 1.96. The summed E-state index contributed by atoms with van der Waals surface area (Å²) in [6.45, 7) is 0. The number of halogens is 1. The number of nitrogens with one attached hydrogen (secondary N) is 1. The number of aromatic nitrogens is 2. The number of hydrogen-bond acceptors (Lipinski definition) is 4. The molecule has 0 unspecified atom stereocenters. The van der Waals surface area contributed by atoms with Crippen molar-refractivity contribution in [3.8, 4) is 0 Å². The summed E-state index contributed by atoms with van der Waals surface area (Å²) in [7, 11) is 0. The van der Waals surface area contributed by atoms with Gasteiger partial charge in [-0.1, -0.05) is 12.1 Å². The lowest BCUT2D eigenvalue weighted by Gasteiger charge is -2.06. The summed E-state index contributed by atoms with van der Waals surface area (Å²) in [5, 5.41) is 2.66. The molecular formula is C11H9ClN4O. The van der Waals surface area contributed by atoms with Crippen LogP contribution in [0.5, 0.6) is 0 Å². The molecule has 1 aromatic carbocycles. The number of anilines is 2. The fourth-order valence-electron chi connectivity index (χ4n) is 1.29. The zero-order chi connectivity index (χ0) is 12.3. The van der Waals surface area contributed by atoms with Crippen molar-refractivity contribution in [2.24, 2.45) is 0 Å². The van der Waals surface area contributed by atoms with E-state index in [1.807, 2.05) is 0 Å². The maximum Gasteiger partial charge on any atom is 0.258 e. The zero-order valence-corrected chi connectivity index (χ0v) is 9.48. The van der Waals surface area contributed by atoms with Gasteiger partial charge in [0.1, 0.15) is 5.82 Å². The van der Waals surface area contributed by atoms with Crippen LogP contribution >= 0.6 is 11.6 Å². The number of rotatable bonds is 2. The second kappa shape index (κ2) is 4.80. The van der Waals surface area contributed by atoms with Crippen molar-refractivity contribution in [1.29, 1.82) is 0 Å².